The molecular weight excluding hydrogens is 396 g/mol. The Morgan fingerprint density at radius 3 is 1.46 bits per heavy atom. The normalized spacial score (nSPS) is 14.1. The summed E-state index contributed by atoms with van der Waals surface area (Å²) in [7, 11) is 4.31. The molecule has 0 amide bonds. The molecule has 0 radical (unpaired) electrons. The minimum atomic E-state index is -2.94. The van der Waals surface area contributed by atoms with E-state index in [1.54, 1.807) is 21.3 Å². The first-order chi connectivity index (χ1) is 13.5. The first-order valence-electron chi connectivity index (χ1n) is 10.2. The fourth-order valence-corrected chi connectivity index (χ4v) is 5.88. The van der Waals surface area contributed by atoms with Crippen LogP contribution in [-0.2, 0) is 26.6 Å². The van der Waals surface area contributed by atoms with Crippen molar-refractivity contribution in [1.29, 1.82) is 0 Å². The quantitative estimate of drug-likeness (QED) is 0.167. The Labute approximate surface area is 174 Å². The second kappa shape index (κ2) is 16.6. The van der Waals surface area contributed by atoms with Crippen molar-refractivity contribution in [3.8, 4) is 0 Å². The van der Waals surface area contributed by atoms with Gasteiger partial charge in [0.2, 0.25) is 0 Å². The predicted molar refractivity (Wildman–Crippen MR) is 114 cm³/mol. The van der Waals surface area contributed by atoms with Gasteiger partial charge < -0.3 is 26.6 Å². The molecule has 0 rings (SSSR count). The van der Waals surface area contributed by atoms with Crippen LogP contribution in [0, 0.1) is 0 Å². The second-order valence-electron chi connectivity index (χ2n) is 6.86. The molecule has 0 heterocycles. The Balaban J connectivity index is 3.72. The molecule has 0 aliphatic rings. The molecule has 0 spiro atoms. The van der Waals surface area contributed by atoms with Crippen molar-refractivity contribution in [1.82, 2.24) is 0 Å². The molecule has 0 saturated heterocycles. The molecule has 168 valence electrons. The van der Waals surface area contributed by atoms with Crippen molar-refractivity contribution in [2.24, 2.45) is 9.89 Å². The molecule has 0 aromatic rings. The van der Waals surface area contributed by atoms with Crippen LogP contribution >= 0.6 is 0 Å². The van der Waals surface area contributed by atoms with Crippen LogP contribution in [0.4, 0.5) is 0 Å². The zero-order valence-corrected chi connectivity index (χ0v) is 21.0. The van der Waals surface area contributed by atoms with E-state index in [-0.39, 0.29) is 6.04 Å². The summed E-state index contributed by atoms with van der Waals surface area (Å²) < 4.78 is 36.2. The van der Waals surface area contributed by atoms with Crippen LogP contribution in [0.1, 0.15) is 64.7 Å². The molecule has 0 aliphatic carbocycles. The van der Waals surface area contributed by atoms with Crippen molar-refractivity contribution in [3.63, 3.8) is 0 Å². The maximum Gasteiger partial charge on any atom is 0.670 e. The lowest BCUT2D eigenvalue weighted by molar-refractivity contribution is 0.122. The van der Waals surface area contributed by atoms with Crippen molar-refractivity contribution >= 4 is 17.8 Å². The topological polar surface area (TPSA) is 80.1 Å². The molecule has 1 atom stereocenters. The maximum absolute atomic E-state index is 5.44. The van der Waals surface area contributed by atoms with Crippen molar-refractivity contribution in [2.75, 3.05) is 42.7 Å². The lowest BCUT2D eigenvalue weighted by Crippen LogP contribution is -2.42. The number of unbranched alkanes of at least 4 members (excludes halogenated alkanes) is 7. The zero-order chi connectivity index (χ0) is 21.3. The third-order valence-electron chi connectivity index (χ3n) is 4.94. The smallest absolute Gasteiger partial charge is 0.377 e. The van der Waals surface area contributed by atoms with E-state index in [4.69, 9.17) is 26.6 Å². The molecule has 0 fully saturated rings. The van der Waals surface area contributed by atoms with E-state index in [9.17, 15) is 0 Å². The van der Waals surface area contributed by atoms with Gasteiger partial charge in [0, 0.05) is 48.7 Å². The van der Waals surface area contributed by atoms with Gasteiger partial charge in [0.05, 0.1) is 6.04 Å². The Kier molecular flexibility index (Phi) is 16.5. The summed E-state index contributed by atoms with van der Waals surface area (Å²) in [6, 6.07) is 1.04. The Morgan fingerprint density at radius 2 is 1.04 bits per heavy atom. The third-order valence-corrected chi connectivity index (χ3v) is 9.68. The summed E-state index contributed by atoms with van der Waals surface area (Å²) in [6.45, 7) is 2.06. The summed E-state index contributed by atoms with van der Waals surface area (Å²) in [5.74, 6) is 0. The molecule has 0 N–H and O–H groups in total. The highest BCUT2D eigenvalue weighted by atomic mass is 28.4. The molecule has 1 unspecified atom stereocenters. The van der Waals surface area contributed by atoms with E-state index >= 15 is 0 Å². The number of nitrogens with zero attached hydrogens (tertiary/aromatic N) is 2. The average Bonchev–Trinajstić information content (AvgIpc) is 2.74. The number of rotatable bonds is 19. The fraction of sp³-hybridized carbons (Fsp3) is 1.00. The van der Waals surface area contributed by atoms with E-state index < -0.39 is 17.8 Å². The van der Waals surface area contributed by atoms with Gasteiger partial charge >= 0.3 is 17.8 Å². The first kappa shape index (κ1) is 27.8. The van der Waals surface area contributed by atoms with Gasteiger partial charge in [-0.1, -0.05) is 44.9 Å². The number of hydrogen-bond acceptors (Lipinski definition) is 8. The van der Waals surface area contributed by atoms with Crippen LogP contribution < -0.4 is 0 Å². The third kappa shape index (κ3) is 11.1. The SMILES string of the molecule is CO[Si](CCCCCCCCCCC(C)N=N[Si](OC)(OC)OC)(OC)OC. The molecule has 0 aromatic heterocycles. The Hall–Kier alpha value is -0.206. The van der Waals surface area contributed by atoms with E-state index in [0.717, 1.165) is 25.3 Å². The van der Waals surface area contributed by atoms with Crippen LogP contribution in [-0.4, -0.2) is 66.5 Å². The van der Waals surface area contributed by atoms with Crippen molar-refractivity contribution in [3.05, 3.63) is 0 Å². The molecule has 0 bridgehead atoms. The summed E-state index contributed by atoms with van der Waals surface area (Å²) in [5.41, 5.74) is 0. The first-order valence-corrected chi connectivity index (χ1v) is 13.8. The minimum absolute atomic E-state index is 0.152. The van der Waals surface area contributed by atoms with E-state index in [0.29, 0.717) is 0 Å². The van der Waals surface area contributed by atoms with Gasteiger partial charge in [0.15, 0.2) is 0 Å². The predicted octanol–water partition coefficient (Wildman–Crippen LogP) is 4.59. The van der Waals surface area contributed by atoms with Crippen molar-refractivity contribution < 1.29 is 26.6 Å². The van der Waals surface area contributed by atoms with Crippen molar-refractivity contribution in [2.45, 2.75) is 76.8 Å². The van der Waals surface area contributed by atoms with Gasteiger partial charge in [0.1, 0.15) is 0 Å². The second-order valence-corrected chi connectivity index (χ2v) is 12.4. The summed E-state index contributed by atoms with van der Waals surface area (Å²) in [5, 5.41) is 4.30. The minimum Gasteiger partial charge on any atom is -0.377 e. The molecule has 10 heteroatoms. The molecule has 0 saturated carbocycles. The Bertz CT molecular complexity index is 380. The molecular formula is C18H42N2O6Si2. The molecule has 0 aromatic carbocycles. The highest BCUT2D eigenvalue weighted by molar-refractivity contribution is 6.60. The van der Waals surface area contributed by atoms with Crippen LogP contribution in [0.2, 0.25) is 6.04 Å². The molecule has 28 heavy (non-hydrogen) atoms. The van der Waals surface area contributed by atoms with E-state index in [1.165, 1.54) is 59.9 Å². The highest BCUT2D eigenvalue weighted by Crippen LogP contribution is 2.19. The Morgan fingerprint density at radius 1 is 0.607 bits per heavy atom. The van der Waals surface area contributed by atoms with Crippen LogP contribution in [0.25, 0.3) is 0 Å². The summed E-state index contributed by atoms with van der Waals surface area (Å²) in [4.78, 5) is 0. The maximum atomic E-state index is 5.44. The van der Waals surface area contributed by atoms with Gasteiger partial charge in [-0.15, -0.1) is 4.78 Å². The summed E-state index contributed by atoms with van der Waals surface area (Å²) >= 11 is 0. The fourth-order valence-electron chi connectivity index (χ4n) is 3.00. The van der Waals surface area contributed by atoms with Gasteiger partial charge in [-0.05, 0) is 19.8 Å². The van der Waals surface area contributed by atoms with E-state index in [1.807, 2.05) is 0 Å². The summed E-state index contributed by atoms with van der Waals surface area (Å²) in [6.07, 6.45) is 10.8. The van der Waals surface area contributed by atoms with Gasteiger partial charge in [-0.25, -0.2) is 0 Å². The zero-order valence-electron chi connectivity index (χ0n) is 19.0. The molecule has 8 nitrogen and oxygen atoms in total. The van der Waals surface area contributed by atoms with Gasteiger partial charge in [0.25, 0.3) is 0 Å². The monoisotopic (exact) mass is 438 g/mol. The lowest BCUT2D eigenvalue weighted by Gasteiger charge is -2.24. The van der Waals surface area contributed by atoms with Gasteiger partial charge in [-0.3, -0.25) is 0 Å². The highest BCUT2D eigenvalue weighted by Gasteiger charge is 2.40. The van der Waals surface area contributed by atoms with E-state index in [2.05, 4.69) is 16.8 Å². The standard InChI is InChI=1S/C18H42N2O6Si2/c1-18(19-20-28(24-5,25-6)26-7)16-14-12-10-8-9-11-13-15-17-27(21-2,22-3)23-4/h18H,8-17H2,1-7H3. The van der Waals surface area contributed by atoms with Crippen LogP contribution in [0.15, 0.2) is 9.89 Å². The lowest BCUT2D eigenvalue weighted by atomic mass is 10.1. The average molecular weight is 439 g/mol. The van der Waals surface area contributed by atoms with Gasteiger partial charge in [-0.2, -0.15) is 5.11 Å². The number of hydrogen-bond donors (Lipinski definition) is 0. The van der Waals surface area contributed by atoms with Crippen LogP contribution in [0.3, 0.4) is 0 Å². The van der Waals surface area contributed by atoms with Crippen LogP contribution in [0.5, 0.6) is 0 Å². The largest absolute Gasteiger partial charge is 0.670 e. The molecule has 0 aliphatic heterocycles.